The van der Waals surface area contributed by atoms with Gasteiger partial charge >= 0.3 is 0 Å². The Morgan fingerprint density at radius 2 is 2.40 bits per heavy atom. The molecule has 1 fully saturated rings. The first-order valence-electron chi connectivity index (χ1n) is 7.77. The van der Waals surface area contributed by atoms with E-state index < -0.39 is 0 Å². The summed E-state index contributed by atoms with van der Waals surface area (Å²) >= 11 is 1.84. The SMILES string of the molecule is Cc1ccc(CCCC(=O)NCCC2CCCNC2)s1. The minimum Gasteiger partial charge on any atom is -0.356 e. The average Bonchev–Trinajstić information content (AvgIpc) is 2.86. The number of carbonyl (C=O) groups excluding carboxylic acids is 1. The van der Waals surface area contributed by atoms with E-state index in [1.165, 1.54) is 22.6 Å². The molecule has 112 valence electrons. The number of rotatable bonds is 7. The number of hydrogen-bond donors (Lipinski definition) is 2. The fourth-order valence-electron chi connectivity index (χ4n) is 2.72. The van der Waals surface area contributed by atoms with Gasteiger partial charge in [0, 0.05) is 22.7 Å². The summed E-state index contributed by atoms with van der Waals surface area (Å²) in [6.45, 7) is 5.24. The van der Waals surface area contributed by atoms with Crippen molar-refractivity contribution in [1.29, 1.82) is 0 Å². The Morgan fingerprint density at radius 1 is 1.50 bits per heavy atom. The van der Waals surface area contributed by atoms with Crippen LogP contribution in [0.15, 0.2) is 12.1 Å². The Morgan fingerprint density at radius 3 is 3.10 bits per heavy atom. The van der Waals surface area contributed by atoms with Gasteiger partial charge in [0.2, 0.25) is 5.91 Å². The predicted octanol–water partition coefficient (Wildman–Crippen LogP) is 2.89. The molecule has 1 saturated heterocycles. The van der Waals surface area contributed by atoms with Crippen molar-refractivity contribution in [3.05, 3.63) is 21.9 Å². The zero-order chi connectivity index (χ0) is 14.2. The lowest BCUT2D eigenvalue weighted by atomic mass is 9.96. The van der Waals surface area contributed by atoms with E-state index in [4.69, 9.17) is 0 Å². The quantitative estimate of drug-likeness (QED) is 0.812. The summed E-state index contributed by atoms with van der Waals surface area (Å²) < 4.78 is 0. The van der Waals surface area contributed by atoms with Gasteiger partial charge in [-0.05, 0) is 70.2 Å². The molecule has 1 aliphatic rings. The van der Waals surface area contributed by atoms with Crippen LogP contribution in [0.3, 0.4) is 0 Å². The Balaban J connectivity index is 1.51. The van der Waals surface area contributed by atoms with Crippen molar-refractivity contribution in [2.45, 2.75) is 45.4 Å². The van der Waals surface area contributed by atoms with Gasteiger partial charge in [-0.2, -0.15) is 0 Å². The molecule has 1 atom stereocenters. The molecule has 2 N–H and O–H groups in total. The van der Waals surface area contributed by atoms with Gasteiger partial charge < -0.3 is 10.6 Å². The molecule has 3 nitrogen and oxygen atoms in total. The molecule has 0 aliphatic carbocycles. The third kappa shape index (κ3) is 5.63. The van der Waals surface area contributed by atoms with Crippen LogP contribution in [0.2, 0.25) is 0 Å². The lowest BCUT2D eigenvalue weighted by Gasteiger charge is -2.22. The summed E-state index contributed by atoms with van der Waals surface area (Å²) in [5, 5.41) is 6.47. The molecule has 0 radical (unpaired) electrons. The van der Waals surface area contributed by atoms with Crippen molar-refractivity contribution in [3.63, 3.8) is 0 Å². The number of carbonyl (C=O) groups is 1. The van der Waals surface area contributed by atoms with Crippen LogP contribution >= 0.6 is 11.3 Å². The molecule has 4 heteroatoms. The van der Waals surface area contributed by atoms with Crippen molar-refractivity contribution < 1.29 is 4.79 Å². The van der Waals surface area contributed by atoms with E-state index in [2.05, 4.69) is 29.7 Å². The van der Waals surface area contributed by atoms with Crippen LogP contribution in [-0.2, 0) is 11.2 Å². The fourth-order valence-corrected chi connectivity index (χ4v) is 3.65. The van der Waals surface area contributed by atoms with Crippen LogP contribution in [0.25, 0.3) is 0 Å². The molecule has 1 amide bonds. The molecular weight excluding hydrogens is 268 g/mol. The van der Waals surface area contributed by atoms with Crippen LogP contribution in [0.5, 0.6) is 0 Å². The molecule has 1 aromatic rings. The predicted molar refractivity (Wildman–Crippen MR) is 85.2 cm³/mol. The second-order valence-corrected chi connectivity index (χ2v) is 7.09. The van der Waals surface area contributed by atoms with Crippen molar-refractivity contribution in [3.8, 4) is 0 Å². The second-order valence-electron chi connectivity index (χ2n) is 5.72. The lowest BCUT2D eigenvalue weighted by Crippen LogP contribution is -2.33. The summed E-state index contributed by atoms with van der Waals surface area (Å²) in [7, 11) is 0. The maximum atomic E-state index is 11.8. The molecule has 20 heavy (non-hydrogen) atoms. The smallest absolute Gasteiger partial charge is 0.220 e. The number of nitrogens with one attached hydrogen (secondary N) is 2. The lowest BCUT2D eigenvalue weighted by molar-refractivity contribution is -0.121. The van der Waals surface area contributed by atoms with E-state index >= 15 is 0 Å². The zero-order valence-electron chi connectivity index (χ0n) is 12.4. The standard InChI is InChI=1S/C16H26N2OS/c1-13-7-8-15(20-13)5-2-6-16(19)18-11-9-14-4-3-10-17-12-14/h7-8,14,17H,2-6,9-12H2,1H3,(H,18,19). The first-order valence-corrected chi connectivity index (χ1v) is 8.58. The van der Waals surface area contributed by atoms with Gasteiger partial charge in [-0.15, -0.1) is 11.3 Å². The molecule has 2 heterocycles. The first-order chi connectivity index (χ1) is 9.74. The van der Waals surface area contributed by atoms with E-state index in [1.807, 2.05) is 11.3 Å². The van der Waals surface area contributed by atoms with Gasteiger partial charge in [-0.3, -0.25) is 4.79 Å². The largest absolute Gasteiger partial charge is 0.356 e. The molecule has 1 aromatic heterocycles. The van der Waals surface area contributed by atoms with Gasteiger partial charge in [0.05, 0.1) is 0 Å². The molecule has 0 saturated carbocycles. The topological polar surface area (TPSA) is 41.1 Å². The normalized spacial score (nSPS) is 18.9. The molecule has 0 aromatic carbocycles. The van der Waals surface area contributed by atoms with Gasteiger partial charge in [0.1, 0.15) is 0 Å². The highest BCUT2D eigenvalue weighted by Crippen LogP contribution is 2.17. The van der Waals surface area contributed by atoms with E-state index in [1.54, 1.807) is 0 Å². The Bertz CT molecular complexity index is 410. The van der Waals surface area contributed by atoms with Crippen molar-refractivity contribution in [1.82, 2.24) is 10.6 Å². The number of piperidine rings is 1. The Labute approximate surface area is 126 Å². The van der Waals surface area contributed by atoms with E-state index in [0.29, 0.717) is 6.42 Å². The second kappa shape index (κ2) is 8.42. The van der Waals surface area contributed by atoms with E-state index in [9.17, 15) is 4.79 Å². The summed E-state index contributed by atoms with van der Waals surface area (Å²) in [6, 6.07) is 4.33. The third-order valence-corrected chi connectivity index (χ3v) is 4.96. The highest BCUT2D eigenvalue weighted by molar-refractivity contribution is 7.11. The summed E-state index contributed by atoms with van der Waals surface area (Å²) in [5.41, 5.74) is 0. The molecule has 0 spiro atoms. The zero-order valence-corrected chi connectivity index (χ0v) is 13.2. The number of thiophene rings is 1. The van der Waals surface area contributed by atoms with Gasteiger partial charge in [0.15, 0.2) is 0 Å². The minimum atomic E-state index is 0.210. The van der Waals surface area contributed by atoms with Crippen LogP contribution < -0.4 is 10.6 Å². The Kier molecular flexibility index (Phi) is 6.54. The highest BCUT2D eigenvalue weighted by atomic mass is 32.1. The van der Waals surface area contributed by atoms with Crippen LogP contribution in [0.4, 0.5) is 0 Å². The number of hydrogen-bond acceptors (Lipinski definition) is 3. The van der Waals surface area contributed by atoms with Crippen molar-refractivity contribution in [2.75, 3.05) is 19.6 Å². The van der Waals surface area contributed by atoms with Crippen LogP contribution in [0.1, 0.15) is 41.9 Å². The molecule has 1 unspecified atom stereocenters. The molecular formula is C16H26N2OS. The van der Waals surface area contributed by atoms with Gasteiger partial charge in [-0.1, -0.05) is 0 Å². The first kappa shape index (κ1) is 15.5. The third-order valence-electron chi connectivity index (χ3n) is 3.90. The fraction of sp³-hybridized carbons (Fsp3) is 0.688. The number of aryl methyl sites for hydroxylation is 2. The molecule has 1 aliphatic heterocycles. The molecule has 2 rings (SSSR count). The van der Waals surface area contributed by atoms with Crippen LogP contribution in [-0.4, -0.2) is 25.5 Å². The monoisotopic (exact) mass is 294 g/mol. The van der Waals surface area contributed by atoms with Crippen LogP contribution in [0, 0.1) is 12.8 Å². The summed E-state index contributed by atoms with van der Waals surface area (Å²) in [4.78, 5) is 14.5. The van der Waals surface area contributed by atoms with E-state index in [-0.39, 0.29) is 5.91 Å². The summed E-state index contributed by atoms with van der Waals surface area (Å²) in [6.07, 6.45) is 6.33. The minimum absolute atomic E-state index is 0.210. The Hall–Kier alpha value is -0.870. The van der Waals surface area contributed by atoms with Crippen molar-refractivity contribution >= 4 is 17.2 Å². The maximum Gasteiger partial charge on any atom is 0.220 e. The average molecular weight is 294 g/mol. The summed E-state index contributed by atoms with van der Waals surface area (Å²) in [5.74, 6) is 0.959. The van der Waals surface area contributed by atoms with Gasteiger partial charge in [-0.25, -0.2) is 0 Å². The maximum absolute atomic E-state index is 11.8. The van der Waals surface area contributed by atoms with Crippen molar-refractivity contribution in [2.24, 2.45) is 5.92 Å². The highest BCUT2D eigenvalue weighted by Gasteiger charge is 2.12. The van der Waals surface area contributed by atoms with E-state index in [0.717, 1.165) is 44.8 Å². The van der Waals surface area contributed by atoms with Gasteiger partial charge in [0.25, 0.3) is 0 Å². The molecule has 0 bridgehead atoms. The number of amides is 1.